The number of nitrogens with one attached hydrogen (secondary N) is 2. The molecule has 1 aromatic heterocycles. The first kappa shape index (κ1) is 25.4. The van der Waals surface area contributed by atoms with Gasteiger partial charge in [0, 0.05) is 30.0 Å². The highest BCUT2D eigenvalue weighted by Gasteiger charge is 2.20. The van der Waals surface area contributed by atoms with Gasteiger partial charge >= 0.3 is 0 Å². The fourth-order valence-corrected chi connectivity index (χ4v) is 4.44. The summed E-state index contributed by atoms with van der Waals surface area (Å²) in [6.07, 6.45) is 2.38. The fourth-order valence-electron chi connectivity index (χ4n) is 3.64. The summed E-state index contributed by atoms with van der Waals surface area (Å²) in [5.74, 6) is 1.51. The van der Waals surface area contributed by atoms with Crippen LogP contribution in [-0.2, 0) is 6.54 Å². The number of aliphatic imine (C=N–C) groups is 1. The number of thiazole rings is 1. The highest BCUT2D eigenvalue weighted by molar-refractivity contribution is 14.0. The van der Waals surface area contributed by atoms with Crippen LogP contribution in [-0.4, -0.2) is 42.0 Å². The van der Waals surface area contributed by atoms with Gasteiger partial charge in [0.05, 0.1) is 16.7 Å². The van der Waals surface area contributed by atoms with Crippen LogP contribution in [0.1, 0.15) is 49.0 Å². The first-order chi connectivity index (χ1) is 14.0. The van der Waals surface area contributed by atoms with E-state index in [0.29, 0.717) is 5.92 Å². The normalized spacial score (nSPS) is 16.7. The molecule has 5 nitrogen and oxygen atoms in total. The molecule has 1 aromatic carbocycles. The van der Waals surface area contributed by atoms with Crippen LogP contribution in [0.2, 0.25) is 5.02 Å². The van der Waals surface area contributed by atoms with E-state index < -0.39 is 0 Å². The van der Waals surface area contributed by atoms with Crippen LogP contribution >= 0.6 is 46.9 Å². The molecule has 0 bridgehead atoms. The predicted octanol–water partition coefficient (Wildman–Crippen LogP) is 5.25. The summed E-state index contributed by atoms with van der Waals surface area (Å²) in [6, 6.07) is 8.13. The number of hydrogen-bond donors (Lipinski definition) is 2. The van der Waals surface area contributed by atoms with Gasteiger partial charge in [-0.15, -0.1) is 35.3 Å². The van der Waals surface area contributed by atoms with Crippen molar-refractivity contribution in [2.24, 2.45) is 10.9 Å². The lowest BCUT2D eigenvalue weighted by Gasteiger charge is -2.31. The minimum Gasteiger partial charge on any atom is -0.357 e. The number of halogens is 2. The number of piperidine rings is 1. The number of benzene rings is 1. The Kier molecular flexibility index (Phi) is 10.8. The molecular weight excluding hydrogens is 529 g/mol. The summed E-state index contributed by atoms with van der Waals surface area (Å²) in [5.41, 5.74) is 2.37. The number of hydrogen-bond acceptors (Lipinski definition) is 4. The van der Waals surface area contributed by atoms with Gasteiger partial charge in [-0.1, -0.05) is 23.7 Å². The van der Waals surface area contributed by atoms with Crippen molar-refractivity contribution in [3.8, 4) is 0 Å². The van der Waals surface area contributed by atoms with Crippen molar-refractivity contribution >= 4 is 52.9 Å². The first-order valence-electron chi connectivity index (χ1n) is 10.5. The maximum absolute atomic E-state index is 6.13. The van der Waals surface area contributed by atoms with E-state index >= 15 is 0 Å². The summed E-state index contributed by atoms with van der Waals surface area (Å²) >= 11 is 7.87. The second kappa shape index (κ2) is 12.8. The monoisotopic (exact) mass is 561 g/mol. The average Bonchev–Trinajstić information content (AvgIpc) is 3.12. The van der Waals surface area contributed by atoms with Crippen molar-refractivity contribution in [3.63, 3.8) is 0 Å². The number of aromatic nitrogens is 1. The zero-order valence-corrected chi connectivity index (χ0v) is 21.9. The number of rotatable bonds is 7. The van der Waals surface area contributed by atoms with Gasteiger partial charge in [0.1, 0.15) is 0 Å². The Morgan fingerprint density at radius 3 is 2.77 bits per heavy atom. The quantitative estimate of drug-likeness (QED) is 0.275. The van der Waals surface area contributed by atoms with Crippen LogP contribution in [0.15, 0.2) is 34.6 Å². The molecular formula is C22H33ClIN5S. The van der Waals surface area contributed by atoms with E-state index in [0.717, 1.165) is 54.3 Å². The molecule has 1 atom stereocenters. The molecule has 30 heavy (non-hydrogen) atoms. The average molecular weight is 562 g/mol. The minimum absolute atomic E-state index is 0. The third-order valence-electron chi connectivity index (χ3n) is 5.31. The van der Waals surface area contributed by atoms with Crippen molar-refractivity contribution in [2.75, 3.05) is 26.2 Å². The lowest BCUT2D eigenvalue weighted by molar-refractivity contribution is 0.179. The Bertz CT molecular complexity index is 804. The Balaban J connectivity index is 0.00000320. The van der Waals surface area contributed by atoms with Crippen molar-refractivity contribution in [3.05, 3.63) is 50.9 Å². The predicted molar refractivity (Wildman–Crippen MR) is 139 cm³/mol. The van der Waals surface area contributed by atoms with Crippen LogP contribution in [0.4, 0.5) is 0 Å². The second-order valence-electron chi connectivity index (χ2n) is 7.72. The summed E-state index contributed by atoms with van der Waals surface area (Å²) in [4.78, 5) is 12.0. The van der Waals surface area contributed by atoms with Gasteiger partial charge in [-0.05, 0) is 70.3 Å². The van der Waals surface area contributed by atoms with Gasteiger partial charge in [0.2, 0.25) is 0 Å². The number of likely N-dealkylation sites (tertiary alicyclic amines) is 1. The van der Waals surface area contributed by atoms with Gasteiger partial charge in [-0.25, -0.2) is 4.98 Å². The first-order valence-corrected chi connectivity index (χ1v) is 11.7. The highest BCUT2D eigenvalue weighted by Crippen LogP contribution is 2.20. The lowest BCUT2D eigenvalue weighted by atomic mass is 9.97. The largest absolute Gasteiger partial charge is 0.357 e. The van der Waals surface area contributed by atoms with E-state index in [4.69, 9.17) is 16.6 Å². The van der Waals surface area contributed by atoms with Crippen LogP contribution in [0, 0.1) is 12.8 Å². The molecule has 0 aliphatic carbocycles. The second-order valence-corrected chi connectivity index (χ2v) is 9.22. The molecule has 1 saturated heterocycles. The Hall–Kier alpha value is -0.900. The molecule has 2 heterocycles. The summed E-state index contributed by atoms with van der Waals surface area (Å²) in [6.45, 7) is 11.2. The molecule has 1 aliphatic heterocycles. The van der Waals surface area contributed by atoms with Gasteiger partial charge in [0.25, 0.3) is 0 Å². The maximum atomic E-state index is 6.13. The third kappa shape index (κ3) is 7.98. The molecule has 8 heteroatoms. The van der Waals surface area contributed by atoms with Gasteiger partial charge in [0.15, 0.2) is 5.96 Å². The molecule has 2 N–H and O–H groups in total. The molecule has 2 aromatic rings. The fraction of sp³-hybridized carbons (Fsp3) is 0.545. The van der Waals surface area contributed by atoms with Gasteiger partial charge in [-0.2, -0.15) is 0 Å². The Labute approximate surface area is 206 Å². The molecule has 0 radical (unpaired) electrons. The smallest absolute Gasteiger partial charge is 0.191 e. The maximum Gasteiger partial charge on any atom is 0.191 e. The zero-order chi connectivity index (χ0) is 20.6. The van der Waals surface area contributed by atoms with E-state index in [1.165, 1.54) is 18.5 Å². The molecule has 0 amide bonds. The lowest BCUT2D eigenvalue weighted by Crippen LogP contribution is -2.39. The van der Waals surface area contributed by atoms with Crippen LogP contribution in [0.25, 0.3) is 0 Å². The summed E-state index contributed by atoms with van der Waals surface area (Å²) in [7, 11) is 0. The SMILES string of the molecule is CCNC(=NCC1CCN(Cc2csc(C)n2)CC1)NC(C)c1cccc(Cl)c1.I. The molecule has 0 spiro atoms. The van der Waals surface area contributed by atoms with Crippen LogP contribution in [0.5, 0.6) is 0 Å². The third-order valence-corrected chi connectivity index (χ3v) is 6.37. The van der Waals surface area contributed by atoms with Crippen molar-refractivity contribution in [1.82, 2.24) is 20.5 Å². The number of guanidine groups is 1. The zero-order valence-electron chi connectivity index (χ0n) is 18.0. The standard InChI is InChI=1S/C22H32ClN5S.HI/c1-4-24-22(26-16(2)19-6-5-7-20(23)12-19)25-13-18-8-10-28(11-9-18)14-21-15-29-17(3)27-21;/h5-7,12,15-16,18H,4,8-11,13-14H2,1-3H3,(H2,24,25,26);1H. The summed E-state index contributed by atoms with van der Waals surface area (Å²) in [5, 5.41) is 11.0. The number of nitrogens with zero attached hydrogens (tertiary/aromatic N) is 3. The van der Waals surface area contributed by atoms with E-state index in [1.807, 2.05) is 18.2 Å². The van der Waals surface area contributed by atoms with E-state index in [1.54, 1.807) is 11.3 Å². The van der Waals surface area contributed by atoms with Crippen molar-refractivity contribution < 1.29 is 0 Å². The molecule has 166 valence electrons. The molecule has 3 rings (SSSR count). The van der Waals surface area contributed by atoms with E-state index in [2.05, 4.69) is 52.7 Å². The van der Waals surface area contributed by atoms with E-state index in [9.17, 15) is 0 Å². The van der Waals surface area contributed by atoms with Crippen molar-refractivity contribution in [1.29, 1.82) is 0 Å². The van der Waals surface area contributed by atoms with Crippen molar-refractivity contribution in [2.45, 2.75) is 46.2 Å². The van der Waals surface area contributed by atoms with Gasteiger partial charge < -0.3 is 10.6 Å². The molecule has 1 fully saturated rings. The van der Waals surface area contributed by atoms with E-state index in [-0.39, 0.29) is 30.0 Å². The molecule has 0 saturated carbocycles. The van der Waals surface area contributed by atoms with Crippen LogP contribution in [0.3, 0.4) is 0 Å². The number of aryl methyl sites for hydroxylation is 1. The Morgan fingerprint density at radius 1 is 1.37 bits per heavy atom. The summed E-state index contributed by atoms with van der Waals surface area (Å²) < 4.78 is 0. The molecule has 1 unspecified atom stereocenters. The Morgan fingerprint density at radius 2 is 2.13 bits per heavy atom. The van der Waals surface area contributed by atoms with Gasteiger partial charge in [-0.3, -0.25) is 9.89 Å². The topological polar surface area (TPSA) is 52.6 Å². The minimum atomic E-state index is 0. The molecule has 1 aliphatic rings. The van der Waals surface area contributed by atoms with Crippen LogP contribution < -0.4 is 10.6 Å². The highest BCUT2D eigenvalue weighted by atomic mass is 127.